The van der Waals surface area contributed by atoms with Gasteiger partial charge in [-0.1, -0.05) is 13.3 Å². The molecule has 0 bridgehead atoms. The van der Waals surface area contributed by atoms with E-state index in [0.29, 0.717) is 5.69 Å². The van der Waals surface area contributed by atoms with Gasteiger partial charge in [-0.3, -0.25) is 4.68 Å². The van der Waals surface area contributed by atoms with E-state index in [0.717, 1.165) is 18.5 Å². The van der Waals surface area contributed by atoms with E-state index in [4.69, 9.17) is 5.26 Å². The summed E-state index contributed by atoms with van der Waals surface area (Å²) in [6, 6.07) is 3.85. The number of nitriles is 1. The zero-order valence-corrected chi connectivity index (χ0v) is 6.83. The Kier molecular flexibility index (Phi) is 2.27. The molecule has 1 aromatic rings. The lowest BCUT2D eigenvalue weighted by atomic mass is 10.2. The van der Waals surface area contributed by atoms with Crippen molar-refractivity contribution in [1.82, 2.24) is 9.78 Å². The first kappa shape index (κ1) is 7.80. The summed E-state index contributed by atoms with van der Waals surface area (Å²) in [5, 5.41) is 12.5. The fourth-order valence-electron chi connectivity index (χ4n) is 1.05. The molecular formula is C8H11N3. The minimum atomic E-state index is 0.510. The standard InChI is InChI=1S/C8H11N3/c1-3-4-8-5-7(6-9)10-11(8)2/h5H,3-4H2,1-2H3. The van der Waals surface area contributed by atoms with Gasteiger partial charge >= 0.3 is 0 Å². The first-order valence-electron chi connectivity index (χ1n) is 3.71. The summed E-state index contributed by atoms with van der Waals surface area (Å²) in [7, 11) is 1.87. The van der Waals surface area contributed by atoms with Crippen molar-refractivity contribution in [1.29, 1.82) is 5.26 Å². The molecule has 0 N–H and O–H groups in total. The number of nitrogens with zero attached hydrogens (tertiary/aromatic N) is 3. The van der Waals surface area contributed by atoms with Gasteiger partial charge in [-0.05, 0) is 12.5 Å². The van der Waals surface area contributed by atoms with Crippen molar-refractivity contribution in [3.8, 4) is 6.07 Å². The Morgan fingerprint density at radius 3 is 2.91 bits per heavy atom. The Morgan fingerprint density at radius 2 is 2.45 bits per heavy atom. The van der Waals surface area contributed by atoms with E-state index >= 15 is 0 Å². The highest BCUT2D eigenvalue weighted by Gasteiger charge is 2.01. The van der Waals surface area contributed by atoms with E-state index in [9.17, 15) is 0 Å². The first-order chi connectivity index (χ1) is 5.27. The summed E-state index contributed by atoms with van der Waals surface area (Å²) in [5.74, 6) is 0. The molecule has 0 saturated carbocycles. The van der Waals surface area contributed by atoms with Crippen LogP contribution in [0.1, 0.15) is 24.7 Å². The average molecular weight is 149 g/mol. The molecule has 3 heteroatoms. The minimum Gasteiger partial charge on any atom is -0.271 e. The smallest absolute Gasteiger partial charge is 0.162 e. The predicted octanol–water partition coefficient (Wildman–Crippen LogP) is 1.24. The number of hydrogen-bond acceptors (Lipinski definition) is 2. The molecule has 3 nitrogen and oxygen atoms in total. The highest BCUT2D eigenvalue weighted by atomic mass is 15.3. The van der Waals surface area contributed by atoms with Crippen molar-refractivity contribution < 1.29 is 0 Å². The van der Waals surface area contributed by atoms with Gasteiger partial charge in [-0.15, -0.1) is 0 Å². The Hall–Kier alpha value is -1.30. The highest BCUT2D eigenvalue weighted by molar-refractivity contribution is 5.22. The maximum atomic E-state index is 8.52. The summed E-state index contributed by atoms with van der Waals surface area (Å²) in [6.07, 6.45) is 2.08. The topological polar surface area (TPSA) is 41.6 Å². The van der Waals surface area contributed by atoms with Crippen LogP contribution in [0.25, 0.3) is 0 Å². The molecule has 0 aliphatic rings. The summed E-state index contributed by atoms with van der Waals surface area (Å²) >= 11 is 0. The number of aryl methyl sites for hydroxylation is 2. The highest BCUT2D eigenvalue weighted by Crippen LogP contribution is 2.03. The van der Waals surface area contributed by atoms with Gasteiger partial charge in [0.1, 0.15) is 6.07 Å². The Labute approximate surface area is 66.3 Å². The zero-order chi connectivity index (χ0) is 8.27. The van der Waals surface area contributed by atoms with Crippen molar-refractivity contribution >= 4 is 0 Å². The lowest BCUT2D eigenvalue weighted by Gasteiger charge is -1.95. The third-order valence-electron chi connectivity index (χ3n) is 1.60. The fraction of sp³-hybridized carbons (Fsp3) is 0.500. The third-order valence-corrected chi connectivity index (χ3v) is 1.60. The van der Waals surface area contributed by atoms with E-state index in [-0.39, 0.29) is 0 Å². The summed E-state index contributed by atoms with van der Waals surface area (Å²) < 4.78 is 1.77. The van der Waals surface area contributed by atoms with Crippen LogP contribution in [0.4, 0.5) is 0 Å². The number of aromatic nitrogens is 2. The predicted molar refractivity (Wildman–Crippen MR) is 41.9 cm³/mol. The van der Waals surface area contributed by atoms with E-state index in [2.05, 4.69) is 12.0 Å². The minimum absolute atomic E-state index is 0.510. The van der Waals surface area contributed by atoms with Crippen molar-refractivity contribution in [2.45, 2.75) is 19.8 Å². The van der Waals surface area contributed by atoms with Crippen LogP contribution in [0.15, 0.2) is 6.07 Å². The molecule has 0 radical (unpaired) electrons. The van der Waals surface area contributed by atoms with Gasteiger partial charge in [0.15, 0.2) is 5.69 Å². The average Bonchev–Trinajstić information content (AvgIpc) is 2.33. The van der Waals surface area contributed by atoms with Crippen LogP contribution in [0.5, 0.6) is 0 Å². The van der Waals surface area contributed by atoms with Gasteiger partial charge in [0.2, 0.25) is 0 Å². The molecule has 0 fully saturated rings. The van der Waals surface area contributed by atoms with Crippen molar-refractivity contribution in [2.24, 2.45) is 7.05 Å². The van der Waals surface area contributed by atoms with Crippen molar-refractivity contribution in [2.75, 3.05) is 0 Å². The molecule has 0 amide bonds. The van der Waals surface area contributed by atoms with Crippen LogP contribution in [0.3, 0.4) is 0 Å². The molecule has 0 aliphatic heterocycles. The molecule has 0 atom stereocenters. The molecule has 0 unspecified atom stereocenters. The molecule has 11 heavy (non-hydrogen) atoms. The van der Waals surface area contributed by atoms with E-state index < -0.39 is 0 Å². The lowest BCUT2D eigenvalue weighted by molar-refractivity contribution is 0.695. The summed E-state index contributed by atoms with van der Waals surface area (Å²) in [5.41, 5.74) is 1.64. The normalized spacial score (nSPS) is 9.55. The second-order valence-corrected chi connectivity index (χ2v) is 2.51. The van der Waals surface area contributed by atoms with Gasteiger partial charge in [0, 0.05) is 12.7 Å². The Morgan fingerprint density at radius 1 is 1.73 bits per heavy atom. The van der Waals surface area contributed by atoms with Crippen LogP contribution < -0.4 is 0 Å². The Balaban J connectivity index is 2.90. The summed E-state index contributed by atoms with van der Waals surface area (Å²) in [6.45, 7) is 2.11. The Bertz CT molecular complexity index is 280. The second kappa shape index (κ2) is 3.20. The van der Waals surface area contributed by atoms with E-state index in [1.54, 1.807) is 4.68 Å². The molecular weight excluding hydrogens is 138 g/mol. The van der Waals surface area contributed by atoms with Crippen molar-refractivity contribution in [3.05, 3.63) is 17.5 Å². The van der Waals surface area contributed by atoms with Gasteiger partial charge in [0.05, 0.1) is 0 Å². The van der Waals surface area contributed by atoms with Gasteiger partial charge in [-0.2, -0.15) is 10.4 Å². The second-order valence-electron chi connectivity index (χ2n) is 2.51. The third kappa shape index (κ3) is 1.58. The molecule has 58 valence electrons. The van der Waals surface area contributed by atoms with Gasteiger partial charge in [-0.25, -0.2) is 0 Å². The molecule has 1 rings (SSSR count). The lowest BCUT2D eigenvalue weighted by Crippen LogP contribution is -1.96. The molecule has 0 aliphatic carbocycles. The molecule has 0 spiro atoms. The zero-order valence-electron chi connectivity index (χ0n) is 6.83. The molecule has 1 aromatic heterocycles. The molecule has 0 aromatic carbocycles. The fourth-order valence-corrected chi connectivity index (χ4v) is 1.05. The molecule has 1 heterocycles. The summed E-state index contributed by atoms with van der Waals surface area (Å²) in [4.78, 5) is 0. The maximum absolute atomic E-state index is 8.52. The monoisotopic (exact) mass is 149 g/mol. The maximum Gasteiger partial charge on any atom is 0.162 e. The van der Waals surface area contributed by atoms with Crippen LogP contribution in [0.2, 0.25) is 0 Å². The molecule has 0 saturated heterocycles. The first-order valence-corrected chi connectivity index (χ1v) is 3.71. The quantitative estimate of drug-likeness (QED) is 0.635. The largest absolute Gasteiger partial charge is 0.271 e. The van der Waals surface area contributed by atoms with Crippen molar-refractivity contribution in [3.63, 3.8) is 0 Å². The SMILES string of the molecule is CCCc1cc(C#N)nn1C. The van der Waals surface area contributed by atoms with Gasteiger partial charge < -0.3 is 0 Å². The van der Waals surface area contributed by atoms with Crippen LogP contribution in [-0.2, 0) is 13.5 Å². The van der Waals surface area contributed by atoms with Gasteiger partial charge in [0.25, 0.3) is 0 Å². The van der Waals surface area contributed by atoms with Crippen LogP contribution in [-0.4, -0.2) is 9.78 Å². The van der Waals surface area contributed by atoms with Crippen LogP contribution >= 0.6 is 0 Å². The van der Waals surface area contributed by atoms with E-state index in [1.165, 1.54) is 0 Å². The van der Waals surface area contributed by atoms with Crippen LogP contribution in [0, 0.1) is 11.3 Å². The van der Waals surface area contributed by atoms with E-state index in [1.807, 2.05) is 19.2 Å². The number of hydrogen-bond donors (Lipinski definition) is 0. The number of rotatable bonds is 2.